The van der Waals surface area contributed by atoms with Gasteiger partial charge in [0.1, 0.15) is 0 Å². The Kier molecular flexibility index (Phi) is 20.3. The molecule has 0 aromatic heterocycles. The average Bonchev–Trinajstić information content (AvgIpc) is 1.99. The van der Waals surface area contributed by atoms with Gasteiger partial charge in [-0.15, -0.1) is 0 Å². The summed E-state index contributed by atoms with van der Waals surface area (Å²) >= 11 is 0. The minimum absolute atomic E-state index is 0. The van der Waals surface area contributed by atoms with Crippen LogP contribution in [0.5, 0.6) is 0 Å². The Hall–Kier alpha value is -0.590. The van der Waals surface area contributed by atoms with Crippen molar-refractivity contribution in [3.8, 4) is 0 Å². The molecule has 0 bridgehead atoms. The van der Waals surface area contributed by atoms with E-state index in [2.05, 4.69) is 0 Å². The first-order valence-electron chi connectivity index (χ1n) is 3.53. The quantitative estimate of drug-likeness (QED) is 0.274. The van der Waals surface area contributed by atoms with Crippen molar-refractivity contribution < 1.29 is 59.3 Å². The topological polar surface area (TPSA) is 115 Å². The van der Waals surface area contributed by atoms with E-state index in [0.29, 0.717) is 12.8 Å². The number of hydrogen-bond donors (Lipinski definition) is 2. The number of hydrogen-bond acceptors (Lipinski definition) is 4. The van der Waals surface area contributed by atoms with Crippen LogP contribution in [0, 0.1) is 0 Å². The van der Waals surface area contributed by atoms with Crippen LogP contribution in [0.2, 0.25) is 0 Å². The number of carboxylic acids is 2. The minimum atomic E-state index is -0.870. The Morgan fingerprint density at radius 1 is 1.07 bits per heavy atom. The summed E-state index contributed by atoms with van der Waals surface area (Å²) in [5, 5.41) is 24.5. The first-order chi connectivity index (χ1) is 6.04. The smallest absolute Gasteiger partial charge is 0.554 e. The molecule has 0 saturated heterocycles. The zero-order valence-electron chi connectivity index (χ0n) is 7.93. The molecule has 0 radical (unpaired) electrons. The minimum Gasteiger partial charge on any atom is -0.554 e. The van der Waals surface area contributed by atoms with Crippen LogP contribution in [0.4, 0.5) is 0 Å². The summed E-state index contributed by atoms with van der Waals surface area (Å²) in [7, 11) is 0. The van der Waals surface area contributed by atoms with Gasteiger partial charge in [-0.1, -0.05) is 0 Å². The molecule has 7 heteroatoms. The molecule has 0 atom stereocenters. The fraction of sp³-hybridized carbons (Fsp3) is 0.571. The van der Waals surface area contributed by atoms with Gasteiger partial charge in [-0.2, -0.15) is 0 Å². The number of carboxylic acid groups (broad SMARTS) is 3. The van der Waals surface area contributed by atoms with Crippen LogP contribution in [0.1, 0.15) is 25.7 Å². The van der Waals surface area contributed by atoms with E-state index in [9.17, 15) is 9.59 Å². The molecule has 0 rings (SSSR count). The third kappa shape index (κ3) is 30.1. The maximum absolute atomic E-state index is 9.90. The molecule has 76 valence electrons. The summed E-state index contributed by atoms with van der Waals surface area (Å²) in [6.07, 6.45) is 1.02. The van der Waals surface area contributed by atoms with Gasteiger partial charge in [-0.3, -0.25) is 9.59 Å². The molecule has 14 heavy (non-hydrogen) atoms. The molecule has 0 fully saturated rings. The number of carbonyl (C=O) groups is 3. The number of aliphatic carboxylic acids is 2. The molecule has 0 heterocycles. The van der Waals surface area contributed by atoms with Crippen molar-refractivity contribution >= 4 is 18.4 Å². The van der Waals surface area contributed by atoms with Crippen molar-refractivity contribution in [2.24, 2.45) is 0 Å². The van der Waals surface area contributed by atoms with E-state index in [1.54, 1.807) is 0 Å². The van der Waals surface area contributed by atoms with Gasteiger partial charge in [-0.25, -0.2) is 0 Å². The first kappa shape index (κ1) is 19.1. The van der Waals surface area contributed by atoms with Crippen LogP contribution in [0.15, 0.2) is 0 Å². The Bertz CT molecular complexity index is 154. The monoisotopic (exact) mass is 214 g/mol. The molecule has 0 aromatic rings. The molecule has 0 aliphatic carbocycles. The van der Waals surface area contributed by atoms with E-state index in [-0.39, 0.29) is 42.4 Å². The van der Waals surface area contributed by atoms with Crippen LogP contribution in [0.3, 0.4) is 0 Å². The second-order valence-corrected chi connectivity index (χ2v) is 2.09. The van der Waals surface area contributed by atoms with E-state index in [0.717, 1.165) is 0 Å². The summed E-state index contributed by atoms with van der Waals surface area (Å²) in [5.41, 5.74) is 0. The summed E-state index contributed by atoms with van der Waals surface area (Å²) < 4.78 is 0. The molecular weight excluding hydrogens is 203 g/mol. The van der Waals surface area contributed by atoms with E-state index < -0.39 is 18.4 Å². The standard InChI is InChI=1S/C6H10O4.CH2O2.Na/c7-5(8)3-1-2-4-6(9)10;2-1-3;/h1-4H2,(H,7,8)(H,9,10);1H,(H,2,3);/q;;+1/p-1. The SMILES string of the molecule is O=C(O)CCCCC(=O)O.O=C[O-].[Na+]. The Labute approximate surface area is 103 Å². The maximum atomic E-state index is 9.90. The third-order valence-electron chi connectivity index (χ3n) is 1.03. The van der Waals surface area contributed by atoms with E-state index in [4.69, 9.17) is 20.1 Å². The summed E-state index contributed by atoms with van der Waals surface area (Å²) in [6.45, 7) is -0.500. The van der Waals surface area contributed by atoms with Gasteiger partial charge in [0.15, 0.2) is 0 Å². The normalized spacial score (nSPS) is 7.43. The fourth-order valence-electron chi connectivity index (χ4n) is 0.552. The molecule has 0 aliphatic heterocycles. The predicted molar refractivity (Wildman–Crippen MR) is 39.8 cm³/mol. The summed E-state index contributed by atoms with van der Waals surface area (Å²) in [4.78, 5) is 28.0. The van der Waals surface area contributed by atoms with Crippen molar-refractivity contribution in [2.45, 2.75) is 25.7 Å². The van der Waals surface area contributed by atoms with Crippen LogP contribution >= 0.6 is 0 Å². The second-order valence-electron chi connectivity index (χ2n) is 2.09. The maximum Gasteiger partial charge on any atom is 1.00 e. The molecule has 0 amide bonds. The van der Waals surface area contributed by atoms with Gasteiger partial charge in [0.05, 0.1) is 0 Å². The van der Waals surface area contributed by atoms with Gasteiger partial charge < -0.3 is 20.1 Å². The number of unbranched alkanes of at least 4 members (excludes halogenated alkanes) is 1. The van der Waals surface area contributed by atoms with Crippen LogP contribution in [-0.2, 0) is 14.4 Å². The van der Waals surface area contributed by atoms with Crippen molar-refractivity contribution in [1.29, 1.82) is 0 Å². The van der Waals surface area contributed by atoms with Gasteiger partial charge in [-0.05, 0) is 12.8 Å². The number of carbonyl (C=O) groups excluding carboxylic acids is 1. The van der Waals surface area contributed by atoms with E-state index in [1.807, 2.05) is 0 Å². The molecule has 0 aliphatic rings. The molecule has 0 aromatic carbocycles. The molecular formula is C7H11NaO6. The molecule has 0 spiro atoms. The largest absolute Gasteiger partial charge is 1.00 e. The van der Waals surface area contributed by atoms with E-state index in [1.165, 1.54) is 0 Å². The third-order valence-corrected chi connectivity index (χ3v) is 1.03. The fourth-order valence-corrected chi connectivity index (χ4v) is 0.552. The Morgan fingerprint density at radius 3 is 1.43 bits per heavy atom. The zero-order valence-corrected chi connectivity index (χ0v) is 9.93. The second kappa shape index (κ2) is 14.9. The first-order valence-corrected chi connectivity index (χ1v) is 3.53. The molecule has 0 unspecified atom stereocenters. The van der Waals surface area contributed by atoms with Crippen molar-refractivity contribution in [1.82, 2.24) is 0 Å². The van der Waals surface area contributed by atoms with Gasteiger partial charge in [0, 0.05) is 19.3 Å². The van der Waals surface area contributed by atoms with Gasteiger partial charge in [0.2, 0.25) is 0 Å². The van der Waals surface area contributed by atoms with Crippen molar-refractivity contribution in [2.75, 3.05) is 0 Å². The van der Waals surface area contributed by atoms with Crippen LogP contribution in [-0.4, -0.2) is 28.6 Å². The molecule has 0 saturated carbocycles. The number of rotatable bonds is 5. The Morgan fingerprint density at radius 2 is 1.29 bits per heavy atom. The molecule has 6 nitrogen and oxygen atoms in total. The van der Waals surface area contributed by atoms with Gasteiger partial charge in [0.25, 0.3) is 0 Å². The molecule has 2 N–H and O–H groups in total. The summed E-state index contributed by atoms with van der Waals surface area (Å²) in [5.74, 6) is -1.74. The predicted octanol–water partition coefficient (Wildman–Crippen LogP) is -3.91. The van der Waals surface area contributed by atoms with Crippen LogP contribution in [0.25, 0.3) is 0 Å². The average molecular weight is 214 g/mol. The summed E-state index contributed by atoms with van der Waals surface area (Å²) in [6, 6.07) is 0. The van der Waals surface area contributed by atoms with Gasteiger partial charge >= 0.3 is 41.5 Å². The van der Waals surface area contributed by atoms with Crippen molar-refractivity contribution in [3.63, 3.8) is 0 Å². The van der Waals surface area contributed by atoms with Crippen LogP contribution < -0.4 is 34.7 Å². The van der Waals surface area contributed by atoms with E-state index >= 15 is 0 Å². The zero-order chi connectivity index (χ0) is 10.7. The van der Waals surface area contributed by atoms with Crippen molar-refractivity contribution in [3.05, 3.63) is 0 Å². The Balaban J connectivity index is -0.000000267.